The first kappa shape index (κ1) is 18.3. The maximum absolute atomic E-state index is 12.8. The van der Waals surface area contributed by atoms with Crippen LogP contribution in [0.4, 0.5) is 24.5 Å². The molecule has 2 unspecified atom stereocenters. The van der Waals surface area contributed by atoms with Crippen molar-refractivity contribution in [2.75, 3.05) is 23.6 Å². The van der Waals surface area contributed by atoms with Crippen LogP contribution in [0.2, 0.25) is 0 Å². The Morgan fingerprint density at radius 1 is 1.30 bits per heavy atom. The van der Waals surface area contributed by atoms with Gasteiger partial charge in [-0.15, -0.1) is 18.4 Å². The molecule has 4 aliphatic rings. The van der Waals surface area contributed by atoms with Crippen molar-refractivity contribution >= 4 is 17.3 Å². The smallest absolute Gasteiger partial charge is 0.404 e. The van der Waals surface area contributed by atoms with E-state index in [0.29, 0.717) is 25.9 Å². The lowest BCUT2D eigenvalue weighted by Crippen LogP contribution is -2.62. The lowest BCUT2D eigenvalue weighted by atomic mass is 9.96. The number of hydrogen-bond donors (Lipinski definition) is 3. The molecule has 3 aliphatic heterocycles. The maximum Gasteiger partial charge on any atom is 0.573 e. The Bertz CT molecular complexity index is 737. The molecule has 8 nitrogen and oxygen atoms in total. The normalized spacial score (nSPS) is 26.1. The Hall–Kier alpha value is -2.08. The summed E-state index contributed by atoms with van der Waals surface area (Å²) in [6.07, 6.45) is -2.61. The molecule has 1 amide bonds. The zero-order valence-electron chi connectivity index (χ0n) is 14.1. The molecular formula is C16H18F3N3O5. The van der Waals surface area contributed by atoms with Gasteiger partial charge in [0.05, 0.1) is 23.6 Å². The van der Waals surface area contributed by atoms with Crippen LogP contribution in [0.1, 0.15) is 19.3 Å². The quantitative estimate of drug-likeness (QED) is 0.664. The average Bonchev–Trinajstić information content (AvgIpc) is 3.36. The molecule has 148 valence electrons. The highest BCUT2D eigenvalue weighted by Gasteiger charge is 2.58. The van der Waals surface area contributed by atoms with Gasteiger partial charge in [0.15, 0.2) is 5.75 Å². The molecule has 1 saturated carbocycles. The number of fused-ring (bicyclic) bond motifs is 2. The molecule has 0 spiro atoms. The zero-order valence-corrected chi connectivity index (χ0v) is 14.1. The highest BCUT2D eigenvalue weighted by atomic mass is 19.4. The van der Waals surface area contributed by atoms with Crippen LogP contribution < -0.4 is 15.3 Å². The monoisotopic (exact) mass is 389 g/mol. The number of morpholine rings is 1. The molecule has 1 aromatic rings. The van der Waals surface area contributed by atoms with E-state index in [1.807, 2.05) is 4.90 Å². The first-order valence-corrected chi connectivity index (χ1v) is 8.46. The second-order valence-electron chi connectivity index (χ2n) is 7.02. The molecule has 1 aliphatic carbocycles. The summed E-state index contributed by atoms with van der Waals surface area (Å²) in [7, 11) is 0. The Balaban J connectivity index is 1.55. The third kappa shape index (κ3) is 3.55. The van der Waals surface area contributed by atoms with Gasteiger partial charge in [-0.05, 0) is 31.0 Å². The number of ether oxygens (including phenoxy) is 2. The van der Waals surface area contributed by atoms with Gasteiger partial charge >= 0.3 is 6.36 Å². The molecule has 0 radical (unpaired) electrons. The summed E-state index contributed by atoms with van der Waals surface area (Å²) >= 11 is 0. The molecule has 0 aromatic heterocycles. The Labute approximate surface area is 152 Å². The van der Waals surface area contributed by atoms with E-state index in [9.17, 15) is 18.0 Å². The summed E-state index contributed by atoms with van der Waals surface area (Å²) in [4.78, 5) is 14.9. The van der Waals surface area contributed by atoms with Crippen LogP contribution >= 0.6 is 0 Å². The molecule has 11 heteroatoms. The van der Waals surface area contributed by atoms with Gasteiger partial charge in [0, 0.05) is 19.5 Å². The summed E-state index contributed by atoms with van der Waals surface area (Å²) in [5.74, 6) is -1.09. The Morgan fingerprint density at radius 3 is 2.44 bits per heavy atom. The molecule has 4 fully saturated rings. The number of carbonyl (C=O) groups is 1. The molecular weight excluding hydrogens is 371 g/mol. The Morgan fingerprint density at radius 2 is 1.93 bits per heavy atom. The van der Waals surface area contributed by atoms with Crippen LogP contribution in [0.5, 0.6) is 5.75 Å². The predicted molar refractivity (Wildman–Crippen MR) is 84.6 cm³/mol. The standard InChI is InChI=1S/C16H18F3N3O5/c17-16(18,19)27-13-2-1-9(22(24)25)5-12(13)20-14(23)15(3-4-15)21-7-10-6-11(8-21)26-10/h1-2,5,10-11,24-25H,3-4,6-8H2,(H,20,23). The van der Waals surface area contributed by atoms with Gasteiger partial charge in [-0.1, -0.05) is 0 Å². The second kappa shape index (κ2) is 6.23. The van der Waals surface area contributed by atoms with Gasteiger partial charge < -0.3 is 14.8 Å². The number of hydrogen-bond acceptors (Lipinski definition) is 7. The second-order valence-corrected chi connectivity index (χ2v) is 7.02. The van der Waals surface area contributed by atoms with Crippen molar-refractivity contribution in [1.82, 2.24) is 4.90 Å². The minimum atomic E-state index is -4.96. The van der Waals surface area contributed by atoms with Crippen molar-refractivity contribution in [2.24, 2.45) is 0 Å². The zero-order chi connectivity index (χ0) is 19.4. The SMILES string of the molecule is O=C(Nc1cc(N(O)O)ccc1OC(F)(F)F)C1(N2CC3CC(C2)O3)CC1. The number of piperidine rings is 1. The van der Waals surface area contributed by atoms with E-state index in [4.69, 9.17) is 15.2 Å². The van der Waals surface area contributed by atoms with Crippen molar-refractivity contribution in [3.63, 3.8) is 0 Å². The fraction of sp³-hybridized carbons (Fsp3) is 0.562. The van der Waals surface area contributed by atoms with Gasteiger partial charge in [0.25, 0.3) is 0 Å². The van der Waals surface area contributed by atoms with E-state index in [-0.39, 0.29) is 28.8 Å². The summed E-state index contributed by atoms with van der Waals surface area (Å²) < 4.78 is 47.4. The van der Waals surface area contributed by atoms with E-state index in [2.05, 4.69) is 10.1 Å². The van der Waals surface area contributed by atoms with Crippen molar-refractivity contribution in [3.05, 3.63) is 18.2 Å². The third-order valence-corrected chi connectivity index (χ3v) is 5.18. The van der Waals surface area contributed by atoms with Gasteiger partial charge in [0.2, 0.25) is 5.91 Å². The van der Waals surface area contributed by atoms with E-state index in [0.717, 1.165) is 24.6 Å². The van der Waals surface area contributed by atoms with Crippen LogP contribution in [-0.4, -0.2) is 58.4 Å². The number of anilines is 2. The number of nitrogens with one attached hydrogen (secondary N) is 1. The maximum atomic E-state index is 12.8. The number of carbonyl (C=O) groups excluding carboxylic acids is 1. The molecule has 2 bridgehead atoms. The van der Waals surface area contributed by atoms with Gasteiger partial charge in [-0.2, -0.15) is 0 Å². The number of halogens is 3. The molecule has 27 heavy (non-hydrogen) atoms. The predicted octanol–water partition coefficient (Wildman–Crippen LogP) is 2.11. The highest BCUT2D eigenvalue weighted by Crippen LogP contribution is 2.47. The van der Waals surface area contributed by atoms with E-state index < -0.39 is 23.6 Å². The summed E-state index contributed by atoms with van der Waals surface area (Å²) in [6, 6.07) is 2.91. The third-order valence-electron chi connectivity index (χ3n) is 5.18. The van der Waals surface area contributed by atoms with Crippen molar-refractivity contribution in [3.8, 4) is 5.75 Å². The van der Waals surface area contributed by atoms with Crippen molar-refractivity contribution in [1.29, 1.82) is 0 Å². The van der Waals surface area contributed by atoms with Crippen LogP contribution in [0.15, 0.2) is 18.2 Å². The Kier molecular flexibility index (Phi) is 4.22. The van der Waals surface area contributed by atoms with Crippen LogP contribution in [-0.2, 0) is 9.53 Å². The number of nitrogens with zero attached hydrogens (tertiary/aromatic N) is 2. The fourth-order valence-corrected chi connectivity index (χ4v) is 3.70. The molecule has 3 N–H and O–H groups in total. The average molecular weight is 389 g/mol. The van der Waals surface area contributed by atoms with Crippen LogP contribution in [0, 0.1) is 0 Å². The summed E-state index contributed by atoms with van der Waals surface area (Å²) in [5, 5.41) is 20.4. The topological polar surface area (TPSA) is 94.5 Å². The number of benzene rings is 1. The van der Waals surface area contributed by atoms with Crippen molar-refractivity contribution in [2.45, 2.75) is 43.4 Å². The van der Waals surface area contributed by atoms with Gasteiger partial charge in [0.1, 0.15) is 5.54 Å². The van der Waals surface area contributed by atoms with E-state index >= 15 is 0 Å². The number of alkyl halides is 3. The lowest BCUT2D eigenvalue weighted by Gasteiger charge is -2.49. The first-order chi connectivity index (χ1) is 12.7. The van der Waals surface area contributed by atoms with Gasteiger partial charge in [-0.25, -0.2) is 0 Å². The number of amides is 1. The highest BCUT2D eigenvalue weighted by molar-refractivity contribution is 6.01. The molecule has 1 aromatic carbocycles. The van der Waals surface area contributed by atoms with Crippen LogP contribution in [0.25, 0.3) is 0 Å². The number of rotatable bonds is 5. The largest absolute Gasteiger partial charge is 0.573 e. The van der Waals surface area contributed by atoms with E-state index in [1.54, 1.807) is 0 Å². The minimum absolute atomic E-state index is 0.0961. The first-order valence-electron chi connectivity index (χ1n) is 8.46. The lowest BCUT2D eigenvalue weighted by molar-refractivity contribution is -0.274. The van der Waals surface area contributed by atoms with Gasteiger partial charge in [-0.3, -0.25) is 20.1 Å². The summed E-state index contributed by atoms with van der Waals surface area (Å²) in [6.45, 7) is 1.22. The molecule has 5 rings (SSSR count). The molecule has 3 saturated heterocycles. The molecule has 2 atom stereocenters. The van der Waals surface area contributed by atoms with Crippen LogP contribution in [0.3, 0.4) is 0 Å². The van der Waals surface area contributed by atoms with Crippen molar-refractivity contribution < 1.29 is 37.9 Å². The minimum Gasteiger partial charge on any atom is -0.404 e. The molecule has 3 heterocycles. The van der Waals surface area contributed by atoms with E-state index in [1.165, 1.54) is 0 Å². The fourth-order valence-electron chi connectivity index (χ4n) is 3.70. The summed E-state index contributed by atoms with van der Waals surface area (Å²) in [5.41, 5.74) is -1.30.